The molecule has 0 spiro atoms. The number of aliphatic hydroxyl groups is 1. The Morgan fingerprint density at radius 1 is 1.57 bits per heavy atom. The molecule has 3 heteroatoms. The van der Waals surface area contributed by atoms with Crippen LogP contribution in [-0.2, 0) is 0 Å². The smallest absolute Gasteiger partial charge is 0.0712 e. The van der Waals surface area contributed by atoms with Gasteiger partial charge in [0.1, 0.15) is 0 Å². The number of hydrogen-bond donors (Lipinski definition) is 2. The molecule has 0 amide bonds. The summed E-state index contributed by atoms with van der Waals surface area (Å²) in [4.78, 5) is 4.01. The highest BCUT2D eigenvalue weighted by atomic mass is 16.3. The number of aliphatic hydroxyl groups excluding tert-OH is 1. The van der Waals surface area contributed by atoms with E-state index in [1.54, 1.807) is 6.20 Å². The predicted octanol–water partition coefficient (Wildman–Crippen LogP) is 1.96. The molecule has 14 heavy (non-hydrogen) atoms. The van der Waals surface area contributed by atoms with Crippen molar-refractivity contribution in [1.29, 1.82) is 0 Å². The van der Waals surface area contributed by atoms with Crippen molar-refractivity contribution in [3.63, 3.8) is 0 Å². The number of hydrogen-bond acceptors (Lipinski definition) is 3. The minimum atomic E-state index is -0.257. The van der Waals surface area contributed by atoms with E-state index >= 15 is 0 Å². The van der Waals surface area contributed by atoms with Crippen LogP contribution in [0.4, 0.5) is 5.69 Å². The first-order valence-electron chi connectivity index (χ1n) is 5.06. The van der Waals surface area contributed by atoms with Gasteiger partial charge in [0.05, 0.1) is 6.10 Å². The summed E-state index contributed by atoms with van der Waals surface area (Å²) < 4.78 is 0. The van der Waals surface area contributed by atoms with Gasteiger partial charge in [0.2, 0.25) is 0 Å². The molecule has 0 aliphatic carbocycles. The van der Waals surface area contributed by atoms with E-state index in [4.69, 9.17) is 0 Å². The van der Waals surface area contributed by atoms with Gasteiger partial charge in [0.25, 0.3) is 0 Å². The van der Waals surface area contributed by atoms with Crippen LogP contribution < -0.4 is 5.32 Å². The molecular formula is C11H18N2O. The van der Waals surface area contributed by atoms with Crippen LogP contribution in [0.25, 0.3) is 0 Å². The molecule has 0 aliphatic heterocycles. The average molecular weight is 194 g/mol. The van der Waals surface area contributed by atoms with Crippen LogP contribution in [0.1, 0.15) is 25.3 Å². The topological polar surface area (TPSA) is 45.1 Å². The van der Waals surface area contributed by atoms with Crippen molar-refractivity contribution >= 4 is 5.69 Å². The highest BCUT2D eigenvalue weighted by Crippen LogP contribution is 2.11. The van der Waals surface area contributed by atoms with Crippen LogP contribution in [0.15, 0.2) is 18.5 Å². The summed E-state index contributed by atoms with van der Waals surface area (Å²) in [7, 11) is 0. The molecule has 0 aliphatic rings. The van der Waals surface area contributed by atoms with Gasteiger partial charge in [-0.05, 0) is 25.0 Å². The third-order valence-electron chi connectivity index (χ3n) is 2.17. The Morgan fingerprint density at radius 3 is 3.00 bits per heavy atom. The first-order chi connectivity index (χ1) is 6.74. The zero-order chi connectivity index (χ0) is 10.4. The number of pyridine rings is 1. The maximum Gasteiger partial charge on any atom is 0.0712 e. The Hall–Kier alpha value is -1.09. The maximum atomic E-state index is 9.52. The van der Waals surface area contributed by atoms with Crippen LogP contribution >= 0.6 is 0 Å². The van der Waals surface area contributed by atoms with Crippen LogP contribution in [0.5, 0.6) is 0 Å². The van der Waals surface area contributed by atoms with Crippen LogP contribution in [0.3, 0.4) is 0 Å². The maximum absolute atomic E-state index is 9.52. The Morgan fingerprint density at radius 2 is 2.36 bits per heavy atom. The predicted molar refractivity (Wildman–Crippen MR) is 58.4 cm³/mol. The van der Waals surface area contributed by atoms with Gasteiger partial charge in [-0.1, -0.05) is 13.3 Å². The molecule has 0 fully saturated rings. The summed E-state index contributed by atoms with van der Waals surface area (Å²) in [6.07, 6.45) is 5.17. The monoisotopic (exact) mass is 194 g/mol. The standard InChI is InChI=1S/C11H18N2O/c1-3-4-10(14)8-13-11-5-6-12-7-9(11)2/h5-7,10,14H,3-4,8H2,1-2H3,(H,12,13). The summed E-state index contributed by atoms with van der Waals surface area (Å²) in [5.41, 5.74) is 2.16. The van der Waals surface area contributed by atoms with Gasteiger partial charge >= 0.3 is 0 Å². The molecule has 0 saturated carbocycles. The van der Waals surface area contributed by atoms with E-state index in [0.29, 0.717) is 6.54 Å². The van der Waals surface area contributed by atoms with Crippen molar-refractivity contribution < 1.29 is 5.11 Å². The van der Waals surface area contributed by atoms with E-state index in [1.807, 2.05) is 19.2 Å². The molecule has 1 heterocycles. The Bertz CT molecular complexity index is 276. The van der Waals surface area contributed by atoms with E-state index < -0.39 is 0 Å². The van der Waals surface area contributed by atoms with Crippen molar-refractivity contribution in [1.82, 2.24) is 4.98 Å². The molecule has 1 aromatic rings. The van der Waals surface area contributed by atoms with Crippen molar-refractivity contribution in [3.8, 4) is 0 Å². The second kappa shape index (κ2) is 5.60. The van der Waals surface area contributed by atoms with Gasteiger partial charge in [-0.2, -0.15) is 0 Å². The zero-order valence-corrected chi connectivity index (χ0v) is 8.83. The Labute approximate surface area is 85.2 Å². The molecule has 1 atom stereocenters. The molecule has 0 saturated heterocycles. The first kappa shape index (κ1) is 11.0. The number of anilines is 1. The van der Waals surface area contributed by atoms with Crippen LogP contribution in [0, 0.1) is 6.92 Å². The fraction of sp³-hybridized carbons (Fsp3) is 0.545. The lowest BCUT2D eigenvalue weighted by molar-refractivity contribution is 0.176. The normalized spacial score (nSPS) is 12.5. The third kappa shape index (κ3) is 3.34. The molecule has 78 valence electrons. The number of nitrogens with zero attached hydrogens (tertiary/aromatic N) is 1. The zero-order valence-electron chi connectivity index (χ0n) is 8.83. The van der Waals surface area contributed by atoms with E-state index in [9.17, 15) is 5.11 Å². The van der Waals surface area contributed by atoms with Crippen molar-refractivity contribution in [2.24, 2.45) is 0 Å². The number of aryl methyl sites for hydroxylation is 1. The van der Waals surface area contributed by atoms with Gasteiger partial charge in [0.15, 0.2) is 0 Å². The summed E-state index contributed by atoms with van der Waals surface area (Å²) in [6.45, 7) is 4.68. The average Bonchev–Trinajstić information content (AvgIpc) is 2.17. The van der Waals surface area contributed by atoms with Crippen molar-refractivity contribution in [2.45, 2.75) is 32.8 Å². The van der Waals surface area contributed by atoms with E-state index in [-0.39, 0.29) is 6.10 Å². The molecule has 1 rings (SSSR count). The Balaban J connectivity index is 2.41. The van der Waals surface area contributed by atoms with E-state index in [1.165, 1.54) is 0 Å². The summed E-state index contributed by atoms with van der Waals surface area (Å²) in [6, 6.07) is 1.92. The number of aromatic nitrogens is 1. The lowest BCUT2D eigenvalue weighted by Gasteiger charge is -2.12. The minimum Gasteiger partial charge on any atom is -0.391 e. The molecule has 2 N–H and O–H groups in total. The number of rotatable bonds is 5. The highest BCUT2D eigenvalue weighted by Gasteiger charge is 2.02. The lowest BCUT2D eigenvalue weighted by Crippen LogP contribution is -2.19. The fourth-order valence-corrected chi connectivity index (χ4v) is 1.33. The largest absolute Gasteiger partial charge is 0.391 e. The molecule has 3 nitrogen and oxygen atoms in total. The lowest BCUT2D eigenvalue weighted by atomic mass is 10.2. The minimum absolute atomic E-state index is 0.257. The quantitative estimate of drug-likeness (QED) is 0.753. The van der Waals surface area contributed by atoms with Crippen LogP contribution in [0.2, 0.25) is 0 Å². The van der Waals surface area contributed by atoms with Crippen molar-refractivity contribution in [3.05, 3.63) is 24.0 Å². The molecule has 0 bridgehead atoms. The second-order valence-corrected chi connectivity index (χ2v) is 3.51. The molecule has 0 radical (unpaired) electrons. The third-order valence-corrected chi connectivity index (χ3v) is 2.17. The van der Waals surface area contributed by atoms with Gasteiger partial charge in [-0.15, -0.1) is 0 Å². The Kier molecular flexibility index (Phi) is 4.40. The van der Waals surface area contributed by atoms with Gasteiger partial charge in [-0.25, -0.2) is 0 Å². The first-order valence-corrected chi connectivity index (χ1v) is 5.06. The molecule has 1 aromatic heterocycles. The SMILES string of the molecule is CCCC(O)CNc1ccncc1C. The molecular weight excluding hydrogens is 176 g/mol. The molecule has 0 aromatic carbocycles. The van der Waals surface area contributed by atoms with E-state index in [0.717, 1.165) is 24.1 Å². The van der Waals surface area contributed by atoms with Gasteiger partial charge in [-0.3, -0.25) is 4.98 Å². The summed E-state index contributed by atoms with van der Waals surface area (Å²) >= 11 is 0. The highest BCUT2D eigenvalue weighted by molar-refractivity contribution is 5.48. The van der Waals surface area contributed by atoms with E-state index in [2.05, 4.69) is 17.2 Å². The van der Waals surface area contributed by atoms with Gasteiger partial charge < -0.3 is 10.4 Å². The summed E-state index contributed by atoms with van der Waals surface area (Å²) in [5, 5.41) is 12.7. The van der Waals surface area contributed by atoms with Crippen molar-refractivity contribution in [2.75, 3.05) is 11.9 Å². The fourth-order valence-electron chi connectivity index (χ4n) is 1.33. The van der Waals surface area contributed by atoms with Crippen LogP contribution in [-0.4, -0.2) is 22.7 Å². The molecule has 1 unspecified atom stereocenters. The summed E-state index contributed by atoms with van der Waals surface area (Å²) in [5.74, 6) is 0. The second-order valence-electron chi connectivity index (χ2n) is 3.51. The van der Waals surface area contributed by atoms with Gasteiger partial charge in [0, 0.05) is 24.6 Å². The number of nitrogens with one attached hydrogen (secondary N) is 1.